The summed E-state index contributed by atoms with van der Waals surface area (Å²) in [6.07, 6.45) is 0. The Kier molecular flexibility index (Phi) is 8.62. The molecule has 5 rings (SSSR count). The summed E-state index contributed by atoms with van der Waals surface area (Å²) in [5.41, 5.74) is 6.13. The third-order valence-corrected chi connectivity index (χ3v) is 7.43. The van der Waals surface area contributed by atoms with E-state index in [-0.39, 0.29) is 5.75 Å². The van der Waals surface area contributed by atoms with E-state index < -0.39 is 0 Å². The highest BCUT2D eigenvalue weighted by Gasteiger charge is 2.28. The van der Waals surface area contributed by atoms with Gasteiger partial charge < -0.3 is 33.5 Å². The van der Waals surface area contributed by atoms with E-state index in [4.69, 9.17) is 28.4 Å². The van der Waals surface area contributed by atoms with Gasteiger partial charge in [-0.1, -0.05) is 42.5 Å². The van der Waals surface area contributed by atoms with Crippen LogP contribution in [-0.4, -0.2) is 47.8 Å². The Labute approximate surface area is 251 Å². The summed E-state index contributed by atoms with van der Waals surface area (Å²) in [5, 5.41) is 11.0. The van der Waals surface area contributed by atoms with Crippen molar-refractivity contribution < 1.29 is 33.5 Å². The molecule has 0 aliphatic carbocycles. The standard InChI is InChI=1S/C36H34O7/c1-38-22-15-17-24(27(19-22)25-11-7-9-13-30(25)37)28-21-33(42-5)36(43-6)35(29-20-23(39-2)16-18-32(29)41-4)34(28)26-12-8-10-14-31(26)40-3/h7-21,37H,1-6H3. The van der Waals surface area contributed by atoms with Crippen LogP contribution < -0.4 is 28.4 Å². The van der Waals surface area contributed by atoms with Crippen molar-refractivity contribution in [3.63, 3.8) is 0 Å². The fourth-order valence-electron chi connectivity index (χ4n) is 5.41. The number of ether oxygens (including phenoxy) is 6. The minimum atomic E-state index is 0.144. The highest BCUT2D eigenvalue weighted by molar-refractivity contribution is 6.04. The normalized spacial score (nSPS) is 10.7. The highest BCUT2D eigenvalue weighted by atomic mass is 16.5. The summed E-state index contributed by atoms with van der Waals surface area (Å²) in [4.78, 5) is 0. The fourth-order valence-corrected chi connectivity index (χ4v) is 5.41. The summed E-state index contributed by atoms with van der Waals surface area (Å²) >= 11 is 0. The van der Waals surface area contributed by atoms with Gasteiger partial charge in [0.2, 0.25) is 0 Å². The second kappa shape index (κ2) is 12.7. The van der Waals surface area contributed by atoms with Gasteiger partial charge in [0.15, 0.2) is 11.5 Å². The molecule has 0 heterocycles. The van der Waals surface area contributed by atoms with Crippen molar-refractivity contribution in [2.75, 3.05) is 42.7 Å². The van der Waals surface area contributed by atoms with Gasteiger partial charge in [-0.15, -0.1) is 0 Å². The van der Waals surface area contributed by atoms with Crippen LogP contribution in [0.3, 0.4) is 0 Å². The average molecular weight is 579 g/mol. The molecular weight excluding hydrogens is 544 g/mol. The molecule has 0 bridgehead atoms. The number of phenolic OH excluding ortho intramolecular Hbond substituents is 1. The second-order valence-electron chi connectivity index (χ2n) is 9.60. The fraction of sp³-hybridized carbons (Fsp3) is 0.167. The second-order valence-corrected chi connectivity index (χ2v) is 9.60. The quantitative estimate of drug-likeness (QED) is 0.179. The molecule has 7 nitrogen and oxygen atoms in total. The van der Waals surface area contributed by atoms with E-state index in [0.717, 1.165) is 38.9 Å². The zero-order valence-electron chi connectivity index (χ0n) is 25.1. The first-order valence-electron chi connectivity index (χ1n) is 13.6. The number of aromatic hydroxyl groups is 1. The number of hydrogen-bond acceptors (Lipinski definition) is 7. The van der Waals surface area contributed by atoms with Crippen molar-refractivity contribution in [1.82, 2.24) is 0 Å². The number of para-hydroxylation sites is 2. The topological polar surface area (TPSA) is 75.6 Å². The van der Waals surface area contributed by atoms with Crippen molar-refractivity contribution in [1.29, 1.82) is 0 Å². The van der Waals surface area contributed by atoms with E-state index in [1.165, 1.54) is 0 Å². The maximum Gasteiger partial charge on any atom is 0.169 e. The van der Waals surface area contributed by atoms with Gasteiger partial charge in [-0.3, -0.25) is 0 Å². The third kappa shape index (κ3) is 5.37. The van der Waals surface area contributed by atoms with Crippen molar-refractivity contribution in [2.24, 2.45) is 0 Å². The first-order chi connectivity index (χ1) is 21.0. The number of benzene rings is 5. The summed E-state index contributed by atoms with van der Waals surface area (Å²) < 4.78 is 35.0. The van der Waals surface area contributed by atoms with Crippen LogP contribution in [0.5, 0.6) is 40.2 Å². The SMILES string of the molecule is COc1ccc(OC)c(-c2c(OC)c(OC)cc(-c3ccc(OC)cc3-c3ccccc3O)c2-c2ccccc2OC)c1. The molecule has 0 saturated heterocycles. The summed E-state index contributed by atoms with van der Waals surface area (Å²) in [6, 6.07) is 28.4. The molecule has 1 N–H and O–H groups in total. The van der Waals surface area contributed by atoms with Crippen molar-refractivity contribution in [3.8, 4) is 84.8 Å². The van der Waals surface area contributed by atoms with Gasteiger partial charge in [0, 0.05) is 27.8 Å². The predicted octanol–water partition coefficient (Wildman–Crippen LogP) is 8.11. The first kappa shape index (κ1) is 29.2. The number of rotatable bonds is 10. The number of hydrogen-bond donors (Lipinski definition) is 1. The Morgan fingerprint density at radius 1 is 0.395 bits per heavy atom. The minimum Gasteiger partial charge on any atom is -0.507 e. The lowest BCUT2D eigenvalue weighted by Crippen LogP contribution is -2.02. The van der Waals surface area contributed by atoms with E-state index in [2.05, 4.69) is 0 Å². The molecule has 0 aliphatic rings. The van der Waals surface area contributed by atoms with Gasteiger partial charge in [0.05, 0.1) is 42.7 Å². The molecule has 5 aromatic rings. The lowest BCUT2D eigenvalue weighted by molar-refractivity contribution is 0.356. The van der Waals surface area contributed by atoms with E-state index in [1.54, 1.807) is 54.8 Å². The summed E-state index contributed by atoms with van der Waals surface area (Å²) in [7, 11) is 9.73. The Bertz CT molecular complexity index is 1760. The first-order valence-corrected chi connectivity index (χ1v) is 13.6. The Morgan fingerprint density at radius 3 is 1.60 bits per heavy atom. The monoisotopic (exact) mass is 578 g/mol. The molecule has 0 spiro atoms. The third-order valence-electron chi connectivity index (χ3n) is 7.43. The maximum absolute atomic E-state index is 11.0. The van der Waals surface area contributed by atoms with Gasteiger partial charge in [-0.05, 0) is 65.2 Å². The van der Waals surface area contributed by atoms with Crippen LogP contribution in [0, 0.1) is 0 Å². The minimum absolute atomic E-state index is 0.144. The molecule has 0 aromatic heterocycles. The van der Waals surface area contributed by atoms with Gasteiger partial charge in [0.25, 0.3) is 0 Å². The molecule has 0 atom stereocenters. The molecule has 220 valence electrons. The van der Waals surface area contributed by atoms with Crippen LogP contribution in [0.25, 0.3) is 44.5 Å². The van der Waals surface area contributed by atoms with Crippen LogP contribution in [0.2, 0.25) is 0 Å². The molecule has 0 radical (unpaired) electrons. The molecule has 0 amide bonds. The van der Waals surface area contributed by atoms with E-state index >= 15 is 0 Å². The number of phenols is 1. The molecule has 7 heteroatoms. The Balaban J connectivity index is 2.03. The van der Waals surface area contributed by atoms with E-state index in [0.29, 0.717) is 40.1 Å². The lowest BCUT2D eigenvalue weighted by Gasteiger charge is -2.25. The predicted molar refractivity (Wildman–Crippen MR) is 169 cm³/mol. The van der Waals surface area contributed by atoms with E-state index in [9.17, 15) is 5.11 Å². The van der Waals surface area contributed by atoms with Gasteiger partial charge in [0.1, 0.15) is 28.7 Å². The van der Waals surface area contributed by atoms with Crippen LogP contribution in [-0.2, 0) is 0 Å². The Hall–Kier alpha value is -5.30. The van der Waals surface area contributed by atoms with Gasteiger partial charge in [-0.25, -0.2) is 0 Å². The molecule has 0 fully saturated rings. The van der Waals surface area contributed by atoms with Crippen LogP contribution >= 0.6 is 0 Å². The van der Waals surface area contributed by atoms with Crippen molar-refractivity contribution >= 4 is 0 Å². The van der Waals surface area contributed by atoms with E-state index in [1.807, 2.05) is 78.9 Å². The van der Waals surface area contributed by atoms with Crippen LogP contribution in [0.4, 0.5) is 0 Å². The largest absolute Gasteiger partial charge is 0.507 e. The average Bonchev–Trinajstić information content (AvgIpc) is 3.06. The van der Waals surface area contributed by atoms with Crippen molar-refractivity contribution in [3.05, 3.63) is 91.0 Å². The molecule has 0 saturated carbocycles. The summed E-state index contributed by atoms with van der Waals surface area (Å²) in [6.45, 7) is 0. The van der Waals surface area contributed by atoms with Crippen molar-refractivity contribution in [2.45, 2.75) is 0 Å². The smallest absolute Gasteiger partial charge is 0.169 e. The maximum atomic E-state index is 11.0. The zero-order chi connectivity index (χ0) is 30.5. The molecule has 5 aromatic carbocycles. The zero-order valence-corrected chi connectivity index (χ0v) is 25.1. The van der Waals surface area contributed by atoms with Gasteiger partial charge in [-0.2, -0.15) is 0 Å². The molecule has 43 heavy (non-hydrogen) atoms. The molecule has 0 aliphatic heterocycles. The van der Waals surface area contributed by atoms with Gasteiger partial charge >= 0.3 is 0 Å². The molecule has 0 unspecified atom stereocenters. The number of methoxy groups -OCH3 is 6. The summed E-state index contributed by atoms with van der Waals surface area (Å²) in [5.74, 6) is 3.74. The highest BCUT2D eigenvalue weighted by Crippen LogP contribution is 2.55. The Morgan fingerprint density at radius 2 is 0.977 bits per heavy atom. The van der Waals surface area contributed by atoms with Crippen LogP contribution in [0.15, 0.2) is 91.0 Å². The molecular formula is C36H34O7. The van der Waals surface area contributed by atoms with Crippen LogP contribution in [0.1, 0.15) is 0 Å². The lowest BCUT2D eigenvalue weighted by atomic mass is 9.83.